The maximum absolute atomic E-state index is 14.1. The number of likely N-dealkylation sites (tertiary alicyclic amines) is 1. The van der Waals surface area contributed by atoms with Crippen molar-refractivity contribution in [1.29, 1.82) is 0 Å². The Morgan fingerprint density at radius 1 is 1.38 bits per heavy atom. The first-order valence-electron chi connectivity index (χ1n) is 7.50. The third-order valence-electron chi connectivity index (χ3n) is 4.26. The predicted octanol–water partition coefficient (Wildman–Crippen LogP) is 3.04. The fraction of sp³-hybridized carbons (Fsp3) is 0.556. The summed E-state index contributed by atoms with van der Waals surface area (Å²) in [6.45, 7) is 9.35. The van der Waals surface area contributed by atoms with Gasteiger partial charge in [-0.2, -0.15) is 0 Å². The highest BCUT2D eigenvalue weighted by Gasteiger charge is 2.31. The van der Waals surface area contributed by atoms with E-state index in [1.54, 1.807) is 6.07 Å². The van der Waals surface area contributed by atoms with Gasteiger partial charge in [-0.05, 0) is 36.4 Å². The van der Waals surface area contributed by atoms with E-state index < -0.39 is 0 Å². The van der Waals surface area contributed by atoms with Gasteiger partial charge in [0.2, 0.25) is 0 Å². The number of aliphatic hydroxyl groups is 1. The van der Waals surface area contributed by atoms with Crippen LogP contribution in [0.1, 0.15) is 38.3 Å². The van der Waals surface area contributed by atoms with E-state index in [1.807, 2.05) is 6.07 Å². The molecule has 0 aromatic heterocycles. The van der Waals surface area contributed by atoms with Gasteiger partial charge in [-0.3, -0.25) is 4.90 Å². The molecular weight excluding hydrogens is 265 g/mol. The fourth-order valence-corrected chi connectivity index (χ4v) is 2.82. The Morgan fingerprint density at radius 3 is 2.71 bits per heavy atom. The minimum absolute atomic E-state index is 0.203. The van der Waals surface area contributed by atoms with Gasteiger partial charge in [0.1, 0.15) is 12.4 Å². The van der Waals surface area contributed by atoms with Gasteiger partial charge in [0.15, 0.2) is 0 Å². The summed E-state index contributed by atoms with van der Waals surface area (Å²) in [4.78, 5) is 2.33. The molecule has 1 heterocycles. The third kappa shape index (κ3) is 4.30. The molecule has 0 aliphatic carbocycles. The fourth-order valence-electron chi connectivity index (χ4n) is 2.82. The second kappa shape index (κ2) is 6.60. The first-order valence-corrected chi connectivity index (χ1v) is 7.50. The molecule has 1 atom stereocenters. The second-order valence-corrected chi connectivity index (χ2v) is 6.85. The predicted molar refractivity (Wildman–Crippen MR) is 83.2 cm³/mol. The summed E-state index contributed by atoms with van der Waals surface area (Å²) >= 11 is 0. The van der Waals surface area contributed by atoms with Crippen LogP contribution in [0.15, 0.2) is 18.2 Å². The largest absolute Gasteiger partial charge is 0.384 e. The summed E-state index contributed by atoms with van der Waals surface area (Å²) in [5.41, 5.74) is 1.65. The second-order valence-electron chi connectivity index (χ2n) is 6.85. The Balaban J connectivity index is 2.01. The van der Waals surface area contributed by atoms with Crippen LogP contribution in [-0.4, -0.2) is 29.7 Å². The number of benzene rings is 1. The minimum Gasteiger partial charge on any atom is -0.384 e. The molecule has 0 radical (unpaired) electrons. The molecule has 1 aromatic rings. The molecule has 2 nitrogen and oxygen atoms in total. The maximum atomic E-state index is 14.1. The molecule has 1 saturated heterocycles. The summed E-state index contributed by atoms with van der Waals surface area (Å²) < 4.78 is 14.1. The van der Waals surface area contributed by atoms with E-state index in [4.69, 9.17) is 5.11 Å². The van der Waals surface area contributed by atoms with Crippen molar-refractivity contribution in [2.45, 2.75) is 33.7 Å². The Kier molecular flexibility index (Phi) is 5.03. The highest BCUT2D eigenvalue weighted by molar-refractivity contribution is 5.37. The van der Waals surface area contributed by atoms with Crippen molar-refractivity contribution in [3.05, 3.63) is 35.1 Å². The zero-order valence-electron chi connectivity index (χ0n) is 13.1. The van der Waals surface area contributed by atoms with Crippen molar-refractivity contribution in [1.82, 2.24) is 4.90 Å². The average Bonchev–Trinajstić information content (AvgIpc) is 2.88. The van der Waals surface area contributed by atoms with Crippen molar-refractivity contribution in [2.75, 3.05) is 19.7 Å². The van der Waals surface area contributed by atoms with Crippen LogP contribution in [0, 0.1) is 29.0 Å². The molecule has 21 heavy (non-hydrogen) atoms. The zero-order valence-corrected chi connectivity index (χ0v) is 13.1. The van der Waals surface area contributed by atoms with Crippen LogP contribution >= 0.6 is 0 Å². The van der Waals surface area contributed by atoms with Gasteiger partial charge in [0, 0.05) is 24.2 Å². The van der Waals surface area contributed by atoms with E-state index in [-0.39, 0.29) is 12.4 Å². The molecule has 114 valence electrons. The quantitative estimate of drug-likeness (QED) is 0.846. The molecule has 0 bridgehead atoms. The lowest BCUT2D eigenvalue weighted by molar-refractivity contribution is 0.225. The van der Waals surface area contributed by atoms with E-state index in [1.165, 1.54) is 12.5 Å². The van der Waals surface area contributed by atoms with Crippen LogP contribution in [0.2, 0.25) is 0 Å². The molecule has 1 aromatic carbocycles. The summed E-state index contributed by atoms with van der Waals surface area (Å²) in [6, 6.07) is 5.08. The lowest BCUT2D eigenvalue weighted by Crippen LogP contribution is -2.26. The van der Waals surface area contributed by atoms with Crippen molar-refractivity contribution in [3.8, 4) is 11.8 Å². The van der Waals surface area contributed by atoms with Crippen molar-refractivity contribution < 1.29 is 9.50 Å². The number of nitrogens with zero attached hydrogens (tertiary/aromatic N) is 1. The third-order valence-corrected chi connectivity index (χ3v) is 4.26. The van der Waals surface area contributed by atoms with Crippen molar-refractivity contribution in [3.63, 3.8) is 0 Å². The SMILES string of the molecule is CC(C)(C)C1CCN(Cc2ccc(C#CCO)cc2F)C1. The van der Waals surface area contributed by atoms with E-state index in [0.717, 1.165) is 18.7 Å². The molecule has 1 aliphatic rings. The van der Waals surface area contributed by atoms with E-state index in [9.17, 15) is 4.39 Å². The Hall–Kier alpha value is -1.37. The van der Waals surface area contributed by atoms with Crippen LogP contribution in [0.5, 0.6) is 0 Å². The molecule has 0 spiro atoms. The van der Waals surface area contributed by atoms with Gasteiger partial charge in [-0.15, -0.1) is 0 Å². The van der Waals surface area contributed by atoms with Crippen molar-refractivity contribution in [2.24, 2.45) is 11.3 Å². The average molecular weight is 289 g/mol. The lowest BCUT2D eigenvalue weighted by atomic mass is 9.80. The highest BCUT2D eigenvalue weighted by atomic mass is 19.1. The Labute approximate surface area is 127 Å². The maximum Gasteiger partial charge on any atom is 0.128 e. The number of halogens is 1. The number of aliphatic hydroxyl groups excluding tert-OH is 1. The topological polar surface area (TPSA) is 23.5 Å². The van der Waals surface area contributed by atoms with Crippen LogP contribution in [0.4, 0.5) is 4.39 Å². The molecule has 1 aliphatic heterocycles. The van der Waals surface area contributed by atoms with Gasteiger partial charge < -0.3 is 5.11 Å². The molecular formula is C18H24FNO. The summed E-state index contributed by atoms with van der Waals surface area (Å²) in [5, 5.41) is 8.66. The van der Waals surface area contributed by atoms with Gasteiger partial charge >= 0.3 is 0 Å². The van der Waals surface area contributed by atoms with Crippen LogP contribution < -0.4 is 0 Å². The smallest absolute Gasteiger partial charge is 0.128 e. The van der Waals surface area contributed by atoms with Crippen LogP contribution in [-0.2, 0) is 6.54 Å². The monoisotopic (exact) mass is 289 g/mol. The molecule has 1 fully saturated rings. The number of hydrogen-bond donors (Lipinski definition) is 1. The first-order chi connectivity index (χ1) is 9.90. The summed E-state index contributed by atoms with van der Waals surface area (Å²) in [5.74, 6) is 5.73. The summed E-state index contributed by atoms with van der Waals surface area (Å²) in [6.07, 6.45) is 1.19. The van der Waals surface area contributed by atoms with Gasteiger partial charge in [-0.25, -0.2) is 4.39 Å². The van der Waals surface area contributed by atoms with E-state index in [0.29, 0.717) is 23.4 Å². The molecule has 1 N–H and O–H groups in total. The number of rotatable bonds is 2. The minimum atomic E-state index is -0.209. The highest BCUT2D eigenvalue weighted by Crippen LogP contribution is 2.34. The standard InChI is InChI=1S/C18H24FNO/c1-18(2,3)16-8-9-20(13-16)12-15-7-6-14(5-4-10-21)11-17(15)19/h6-7,11,16,21H,8-10,12-13H2,1-3H3. The summed E-state index contributed by atoms with van der Waals surface area (Å²) in [7, 11) is 0. The van der Waals surface area contributed by atoms with Gasteiger partial charge in [0.25, 0.3) is 0 Å². The van der Waals surface area contributed by atoms with E-state index in [2.05, 4.69) is 37.5 Å². The van der Waals surface area contributed by atoms with Crippen molar-refractivity contribution >= 4 is 0 Å². The molecule has 3 heteroatoms. The van der Waals surface area contributed by atoms with Crippen LogP contribution in [0.3, 0.4) is 0 Å². The molecule has 2 rings (SSSR count). The van der Waals surface area contributed by atoms with E-state index >= 15 is 0 Å². The van der Waals surface area contributed by atoms with Gasteiger partial charge in [-0.1, -0.05) is 38.7 Å². The zero-order chi connectivity index (χ0) is 15.5. The molecule has 0 saturated carbocycles. The normalized spacial score (nSPS) is 19.4. The molecule has 0 amide bonds. The first kappa shape index (κ1) is 16.0. The number of hydrogen-bond acceptors (Lipinski definition) is 2. The van der Waals surface area contributed by atoms with Crippen LogP contribution in [0.25, 0.3) is 0 Å². The van der Waals surface area contributed by atoms with Gasteiger partial charge in [0.05, 0.1) is 0 Å². The molecule has 1 unspecified atom stereocenters. The Morgan fingerprint density at radius 2 is 2.14 bits per heavy atom. The Bertz CT molecular complexity index is 551. The lowest BCUT2D eigenvalue weighted by Gasteiger charge is -2.27.